The first-order chi connectivity index (χ1) is 14.4. The van der Waals surface area contributed by atoms with Gasteiger partial charge in [-0.2, -0.15) is 0 Å². The molecule has 0 unspecified atom stereocenters. The average Bonchev–Trinajstić information content (AvgIpc) is 3.06. The molecule has 1 N–H and O–H groups in total. The minimum atomic E-state index is -0.940. The van der Waals surface area contributed by atoms with Crippen molar-refractivity contribution in [2.24, 2.45) is 0 Å². The highest BCUT2D eigenvalue weighted by Gasteiger charge is 2.45. The van der Waals surface area contributed by atoms with Gasteiger partial charge >= 0.3 is 0 Å². The Morgan fingerprint density at radius 1 is 0.700 bits per heavy atom. The predicted molar refractivity (Wildman–Crippen MR) is 132 cm³/mol. The van der Waals surface area contributed by atoms with Gasteiger partial charge in [0, 0.05) is 5.56 Å². The van der Waals surface area contributed by atoms with E-state index in [9.17, 15) is 0 Å². The van der Waals surface area contributed by atoms with Gasteiger partial charge in [-0.05, 0) is 64.0 Å². The summed E-state index contributed by atoms with van der Waals surface area (Å²) < 4.78 is 0. The van der Waals surface area contributed by atoms with Crippen molar-refractivity contribution in [1.29, 1.82) is 5.41 Å². The molecule has 5 rings (SSSR count). The molecule has 2 aliphatic rings. The van der Waals surface area contributed by atoms with E-state index < -0.39 is 10.0 Å². The highest BCUT2D eigenvalue weighted by molar-refractivity contribution is 8.35. The lowest BCUT2D eigenvalue weighted by Crippen LogP contribution is -2.28. The topological polar surface area (TPSA) is 23.9 Å². The van der Waals surface area contributed by atoms with Crippen LogP contribution in [0.25, 0.3) is 11.1 Å². The molecule has 2 heteroatoms. The zero-order valence-electron chi connectivity index (χ0n) is 17.8. The van der Waals surface area contributed by atoms with Gasteiger partial charge in [-0.1, -0.05) is 84.9 Å². The summed E-state index contributed by atoms with van der Waals surface area (Å²) in [4.78, 5) is 1.28. The minimum absolute atomic E-state index is 0.275. The van der Waals surface area contributed by atoms with Crippen molar-refractivity contribution >= 4 is 15.7 Å². The van der Waals surface area contributed by atoms with E-state index in [1.165, 1.54) is 32.7 Å². The molecule has 0 heterocycles. The van der Waals surface area contributed by atoms with Gasteiger partial charge in [-0.25, -0.2) is 10.0 Å². The van der Waals surface area contributed by atoms with Crippen LogP contribution in [0.5, 0.6) is 0 Å². The van der Waals surface area contributed by atoms with Crippen molar-refractivity contribution in [3.8, 4) is 11.1 Å². The molecule has 0 saturated heterocycles. The van der Waals surface area contributed by atoms with E-state index >= 15 is 0 Å². The Morgan fingerprint density at radius 3 is 1.70 bits per heavy atom. The van der Waals surface area contributed by atoms with Gasteiger partial charge in [0.1, 0.15) is 0 Å². The number of hydrogen-bond donors (Lipinski definition) is 1. The summed E-state index contributed by atoms with van der Waals surface area (Å²) in [5.41, 5.74) is 7.94. The Bertz CT molecular complexity index is 1180. The summed E-state index contributed by atoms with van der Waals surface area (Å²) in [5, 5.41) is 9.03. The number of hydrogen-bond acceptors (Lipinski definition) is 1. The Labute approximate surface area is 181 Å². The molecule has 0 bridgehead atoms. The Morgan fingerprint density at radius 2 is 1.17 bits per heavy atom. The van der Waals surface area contributed by atoms with E-state index in [1.54, 1.807) is 0 Å². The molecule has 3 aromatic carbocycles. The normalized spacial score (nSPS) is 17.3. The second-order valence-corrected chi connectivity index (χ2v) is 13.1. The fourth-order valence-corrected chi connectivity index (χ4v) is 6.01. The number of rotatable bonds is 1. The number of nitrogens with one attached hydrogen (secondary N) is 1. The minimum Gasteiger partial charge on any atom is -0.300 e. The van der Waals surface area contributed by atoms with Crippen LogP contribution >= 0.6 is 10.0 Å². The maximum absolute atomic E-state index is 9.03. The summed E-state index contributed by atoms with van der Waals surface area (Å²) >= 11 is 0. The first kappa shape index (κ1) is 19.1. The molecule has 1 nitrogen and oxygen atoms in total. The smallest absolute Gasteiger partial charge is 0.0626 e. The first-order valence-corrected chi connectivity index (χ1v) is 13.2. The monoisotopic (exact) mass is 409 g/mol. The van der Waals surface area contributed by atoms with E-state index in [2.05, 4.69) is 110 Å². The van der Waals surface area contributed by atoms with Gasteiger partial charge < -0.3 is 5.41 Å². The molecule has 0 aliphatic heterocycles. The Balaban J connectivity index is 1.87. The standard InChI is InChI=1S/C28H27NS/c1-30(2,3)20-11-10-18-28(26-17-9-6-14-23(26)27(29)19-20)24-15-7-4-12-21(24)22-13-5-8-16-25(22)28/h4-17,19,29H,18H2,1-3H3. The van der Waals surface area contributed by atoms with Crippen LogP contribution in [0.1, 0.15) is 28.7 Å². The zero-order valence-corrected chi connectivity index (χ0v) is 18.6. The highest BCUT2D eigenvalue weighted by Crippen LogP contribution is 2.56. The molecule has 3 aromatic rings. The molecule has 0 radical (unpaired) electrons. The SMILES string of the molecule is CS(C)(C)C1=CC(=N)c2ccccc2C2(CC=C1)c1ccccc1-c1ccccc12. The van der Waals surface area contributed by atoms with Gasteiger partial charge in [0.05, 0.1) is 11.1 Å². The molecule has 30 heavy (non-hydrogen) atoms. The van der Waals surface area contributed by atoms with Crippen LogP contribution in [0.4, 0.5) is 0 Å². The molecule has 2 aliphatic carbocycles. The zero-order chi connectivity index (χ0) is 20.9. The van der Waals surface area contributed by atoms with Crippen LogP contribution in [0.2, 0.25) is 0 Å². The summed E-state index contributed by atoms with van der Waals surface area (Å²) in [5.74, 6) is 0. The van der Waals surface area contributed by atoms with Crippen molar-refractivity contribution in [3.63, 3.8) is 0 Å². The molecule has 1 spiro atoms. The van der Waals surface area contributed by atoms with Crippen molar-refractivity contribution in [2.75, 3.05) is 18.8 Å². The third-order valence-corrected chi connectivity index (χ3v) is 8.11. The molecule has 150 valence electrons. The molecular formula is C28H27NS. The van der Waals surface area contributed by atoms with Crippen LogP contribution < -0.4 is 0 Å². The fourth-order valence-electron chi connectivity index (χ4n) is 5.04. The van der Waals surface area contributed by atoms with Crippen molar-refractivity contribution in [1.82, 2.24) is 0 Å². The van der Waals surface area contributed by atoms with Gasteiger partial charge in [0.15, 0.2) is 0 Å². The van der Waals surface area contributed by atoms with Crippen LogP contribution in [0.3, 0.4) is 0 Å². The van der Waals surface area contributed by atoms with E-state index in [0.717, 1.165) is 12.0 Å². The lowest BCUT2D eigenvalue weighted by atomic mass is 9.68. The van der Waals surface area contributed by atoms with Crippen LogP contribution in [-0.2, 0) is 5.41 Å². The van der Waals surface area contributed by atoms with Crippen LogP contribution in [-0.4, -0.2) is 24.5 Å². The second kappa shape index (κ2) is 6.85. The summed E-state index contributed by atoms with van der Waals surface area (Å²) in [6, 6.07) is 26.2. The lowest BCUT2D eigenvalue weighted by molar-refractivity contribution is 0.644. The van der Waals surface area contributed by atoms with Crippen LogP contribution in [0.15, 0.2) is 95.9 Å². The molecule has 0 fully saturated rings. The molecule has 0 aromatic heterocycles. The number of allylic oxidation sites excluding steroid dienone is 3. The molecule has 0 atom stereocenters. The predicted octanol–water partition coefficient (Wildman–Crippen LogP) is 6.91. The molecule has 0 saturated carbocycles. The highest BCUT2D eigenvalue weighted by atomic mass is 32.3. The number of fused-ring (bicyclic) bond motifs is 7. The average molecular weight is 410 g/mol. The third-order valence-electron chi connectivity index (χ3n) is 6.44. The van der Waals surface area contributed by atoms with Crippen molar-refractivity contribution < 1.29 is 0 Å². The quantitative estimate of drug-likeness (QED) is 0.452. The largest absolute Gasteiger partial charge is 0.300 e. The van der Waals surface area contributed by atoms with E-state index in [4.69, 9.17) is 5.41 Å². The van der Waals surface area contributed by atoms with E-state index in [-0.39, 0.29) is 5.41 Å². The molecular weight excluding hydrogens is 382 g/mol. The van der Waals surface area contributed by atoms with Gasteiger partial charge in [-0.3, -0.25) is 0 Å². The third kappa shape index (κ3) is 2.74. The Kier molecular flexibility index (Phi) is 4.37. The maximum atomic E-state index is 9.03. The fraction of sp³-hybridized carbons (Fsp3) is 0.179. The first-order valence-electron chi connectivity index (χ1n) is 10.4. The van der Waals surface area contributed by atoms with Gasteiger partial charge in [0.25, 0.3) is 0 Å². The van der Waals surface area contributed by atoms with Crippen LogP contribution in [0, 0.1) is 5.41 Å². The maximum Gasteiger partial charge on any atom is 0.0626 e. The van der Waals surface area contributed by atoms with Crippen molar-refractivity contribution in [3.05, 3.63) is 118 Å². The van der Waals surface area contributed by atoms with E-state index in [0.29, 0.717) is 5.71 Å². The lowest BCUT2D eigenvalue weighted by Gasteiger charge is -2.33. The molecule has 0 amide bonds. The summed E-state index contributed by atoms with van der Waals surface area (Å²) in [6.45, 7) is 0. The van der Waals surface area contributed by atoms with Gasteiger partial charge in [-0.15, -0.1) is 0 Å². The van der Waals surface area contributed by atoms with Gasteiger partial charge in [0.2, 0.25) is 0 Å². The second-order valence-electron chi connectivity index (χ2n) is 8.95. The summed E-state index contributed by atoms with van der Waals surface area (Å²) in [6.07, 6.45) is 14.5. The van der Waals surface area contributed by atoms with Crippen molar-refractivity contribution in [2.45, 2.75) is 11.8 Å². The Hall–Kier alpha value is -2.84. The number of benzene rings is 3. The summed E-state index contributed by atoms with van der Waals surface area (Å²) in [7, 11) is -0.940. The van der Waals surface area contributed by atoms with E-state index in [1.807, 2.05) is 0 Å².